The highest BCUT2D eigenvalue weighted by Gasteiger charge is 2.36. The summed E-state index contributed by atoms with van der Waals surface area (Å²) in [6, 6.07) is 0. The van der Waals surface area contributed by atoms with Crippen LogP contribution in [0.5, 0.6) is 0 Å². The van der Waals surface area contributed by atoms with E-state index in [1.54, 1.807) is 0 Å². The van der Waals surface area contributed by atoms with Gasteiger partial charge in [-0.05, 0) is 52.1 Å². The molecule has 1 fully saturated rings. The molecule has 1 aliphatic rings. The molecule has 1 saturated carbocycles. The number of nitrogens with one attached hydrogen (secondary N) is 1. The summed E-state index contributed by atoms with van der Waals surface area (Å²) in [5.41, 5.74) is 5.77. The summed E-state index contributed by atoms with van der Waals surface area (Å²) in [7, 11) is 0. The Kier molecular flexibility index (Phi) is 2.90. The third kappa shape index (κ3) is 2.80. The molecule has 1 rings (SSSR count). The molecule has 3 N–H and O–H groups in total. The fraction of sp³-hybridized carbons (Fsp3) is 1.00. The highest BCUT2D eigenvalue weighted by molar-refractivity contribution is 4.94. The van der Waals surface area contributed by atoms with E-state index < -0.39 is 0 Å². The summed E-state index contributed by atoms with van der Waals surface area (Å²) < 4.78 is 0. The van der Waals surface area contributed by atoms with E-state index in [2.05, 4.69) is 19.2 Å². The predicted molar refractivity (Wildman–Crippen MR) is 48.5 cm³/mol. The molecule has 0 saturated heterocycles. The Morgan fingerprint density at radius 3 is 2.55 bits per heavy atom. The molecule has 0 unspecified atom stereocenters. The van der Waals surface area contributed by atoms with Gasteiger partial charge in [-0.2, -0.15) is 0 Å². The van der Waals surface area contributed by atoms with Gasteiger partial charge in [-0.1, -0.05) is 0 Å². The first-order chi connectivity index (χ1) is 5.17. The molecule has 1 aliphatic carbocycles. The van der Waals surface area contributed by atoms with Crippen LogP contribution >= 0.6 is 0 Å². The molecule has 0 radical (unpaired) electrons. The molecule has 2 nitrogen and oxygen atoms in total. The van der Waals surface area contributed by atoms with Gasteiger partial charge < -0.3 is 11.1 Å². The molecule has 0 spiro atoms. The molecule has 2 heteroatoms. The number of hydrogen-bond acceptors (Lipinski definition) is 2. The topological polar surface area (TPSA) is 38.0 Å². The number of nitrogens with two attached hydrogens (primary N) is 1. The molecule has 0 aliphatic heterocycles. The zero-order chi connectivity index (χ0) is 8.32. The van der Waals surface area contributed by atoms with Crippen molar-refractivity contribution >= 4 is 0 Å². The molecule has 0 heterocycles. The van der Waals surface area contributed by atoms with Crippen LogP contribution < -0.4 is 11.1 Å². The van der Waals surface area contributed by atoms with Crippen molar-refractivity contribution in [1.29, 1.82) is 0 Å². The largest absolute Gasteiger partial charge is 0.330 e. The van der Waals surface area contributed by atoms with Crippen LogP contribution in [-0.2, 0) is 0 Å². The summed E-state index contributed by atoms with van der Waals surface area (Å²) in [5, 5.41) is 3.54. The van der Waals surface area contributed by atoms with Crippen molar-refractivity contribution in [1.82, 2.24) is 5.32 Å². The minimum Gasteiger partial charge on any atom is -0.330 e. The van der Waals surface area contributed by atoms with Crippen LogP contribution in [-0.4, -0.2) is 18.6 Å². The first-order valence-corrected chi connectivity index (χ1v) is 4.62. The molecule has 0 aromatic heterocycles. The maximum absolute atomic E-state index is 5.41. The molecule has 0 bridgehead atoms. The lowest BCUT2D eigenvalue weighted by atomic mass is 9.99. The van der Waals surface area contributed by atoms with Crippen molar-refractivity contribution in [3.05, 3.63) is 0 Å². The molecular weight excluding hydrogens is 136 g/mol. The van der Waals surface area contributed by atoms with Crippen LogP contribution in [0.25, 0.3) is 0 Å². The lowest BCUT2D eigenvalue weighted by Gasteiger charge is -2.26. The summed E-state index contributed by atoms with van der Waals surface area (Å²) >= 11 is 0. The van der Waals surface area contributed by atoms with Crippen LogP contribution in [0.3, 0.4) is 0 Å². The van der Waals surface area contributed by atoms with Gasteiger partial charge in [0.2, 0.25) is 0 Å². The highest BCUT2D eigenvalue weighted by Crippen LogP contribution is 2.38. The fourth-order valence-corrected chi connectivity index (χ4v) is 1.46. The Bertz CT molecular complexity index is 117. The standard InChI is InChI=1S/C9H20N2/c1-9(2,8-4-5-8)11-7-3-6-10/h8,11H,3-7,10H2,1-2H3. The van der Waals surface area contributed by atoms with Gasteiger partial charge in [-0.3, -0.25) is 0 Å². The molecule has 0 aromatic carbocycles. The average Bonchev–Trinajstić information content (AvgIpc) is 2.68. The van der Waals surface area contributed by atoms with Gasteiger partial charge in [0.25, 0.3) is 0 Å². The summed E-state index contributed by atoms with van der Waals surface area (Å²) in [5.74, 6) is 0.917. The highest BCUT2D eigenvalue weighted by atomic mass is 15.0. The van der Waals surface area contributed by atoms with E-state index in [1.807, 2.05) is 0 Å². The predicted octanol–water partition coefficient (Wildman–Crippen LogP) is 1.11. The second-order valence-corrected chi connectivity index (χ2v) is 4.06. The van der Waals surface area contributed by atoms with Crippen molar-refractivity contribution in [3.8, 4) is 0 Å². The molecule has 0 aromatic rings. The summed E-state index contributed by atoms with van der Waals surface area (Å²) in [6.07, 6.45) is 3.90. The van der Waals surface area contributed by atoms with E-state index in [-0.39, 0.29) is 0 Å². The van der Waals surface area contributed by atoms with Gasteiger partial charge in [0.1, 0.15) is 0 Å². The Morgan fingerprint density at radius 1 is 1.45 bits per heavy atom. The Balaban J connectivity index is 2.12. The second-order valence-electron chi connectivity index (χ2n) is 4.06. The van der Waals surface area contributed by atoms with Crippen LogP contribution in [0, 0.1) is 5.92 Å². The van der Waals surface area contributed by atoms with Crippen molar-refractivity contribution in [2.75, 3.05) is 13.1 Å². The van der Waals surface area contributed by atoms with E-state index in [1.165, 1.54) is 12.8 Å². The van der Waals surface area contributed by atoms with Gasteiger partial charge in [-0.25, -0.2) is 0 Å². The molecule has 0 atom stereocenters. The lowest BCUT2D eigenvalue weighted by Crippen LogP contribution is -2.42. The zero-order valence-corrected chi connectivity index (χ0v) is 7.69. The van der Waals surface area contributed by atoms with Crippen molar-refractivity contribution in [3.63, 3.8) is 0 Å². The Hall–Kier alpha value is -0.0800. The Morgan fingerprint density at radius 2 is 2.09 bits per heavy atom. The monoisotopic (exact) mass is 156 g/mol. The normalized spacial score (nSPS) is 18.8. The van der Waals surface area contributed by atoms with Crippen molar-refractivity contribution < 1.29 is 0 Å². The first kappa shape index (κ1) is 9.01. The minimum absolute atomic E-state index is 0.356. The van der Waals surface area contributed by atoms with Crippen LogP contribution in [0.2, 0.25) is 0 Å². The minimum atomic E-state index is 0.356. The van der Waals surface area contributed by atoms with E-state index in [0.29, 0.717) is 5.54 Å². The third-order valence-electron chi connectivity index (χ3n) is 2.56. The maximum atomic E-state index is 5.41. The summed E-state index contributed by atoms with van der Waals surface area (Å²) in [4.78, 5) is 0. The SMILES string of the molecule is CC(C)(NCCCN)C1CC1. The van der Waals surface area contributed by atoms with Gasteiger partial charge in [-0.15, -0.1) is 0 Å². The zero-order valence-electron chi connectivity index (χ0n) is 7.69. The second kappa shape index (κ2) is 3.55. The number of rotatable bonds is 5. The van der Waals surface area contributed by atoms with Gasteiger partial charge in [0.05, 0.1) is 0 Å². The quantitative estimate of drug-likeness (QED) is 0.585. The fourth-order valence-electron chi connectivity index (χ4n) is 1.46. The third-order valence-corrected chi connectivity index (χ3v) is 2.56. The maximum Gasteiger partial charge on any atom is 0.0153 e. The van der Waals surface area contributed by atoms with E-state index in [4.69, 9.17) is 5.73 Å². The van der Waals surface area contributed by atoms with Gasteiger partial charge in [0.15, 0.2) is 0 Å². The molecule has 11 heavy (non-hydrogen) atoms. The molecular formula is C9H20N2. The van der Waals surface area contributed by atoms with Gasteiger partial charge in [0, 0.05) is 5.54 Å². The van der Waals surface area contributed by atoms with Crippen LogP contribution in [0.15, 0.2) is 0 Å². The van der Waals surface area contributed by atoms with Gasteiger partial charge >= 0.3 is 0 Å². The van der Waals surface area contributed by atoms with Crippen LogP contribution in [0.1, 0.15) is 33.1 Å². The average molecular weight is 156 g/mol. The molecule has 0 amide bonds. The smallest absolute Gasteiger partial charge is 0.0153 e. The lowest BCUT2D eigenvalue weighted by molar-refractivity contribution is 0.341. The Labute approximate surface area is 69.5 Å². The molecule has 66 valence electrons. The number of hydrogen-bond donors (Lipinski definition) is 2. The van der Waals surface area contributed by atoms with Crippen molar-refractivity contribution in [2.45, 2.75) is 38.6 Å². The van der Waals surface area contributed by atoms with E-state index in [9.17, 15) is 0 Å². The van der Waals surface area contributed by atoms with E-state index in [0.717, 1.165) is 25.4 Å². The summed E-state index contributed by atoms with van der Waals surface area (Å²) in [6.45, 7) is 6.45. The van der Waals surface area contributed by atoms with Crippen molar-refractivity contribution in [2.24, 2.45) is 11.7 Å². The first-order valence-electron chi connectivity index (χ1n) is 4.62. The van der Waals surface area contributed by atoms with E-state index >= 15 is 0 Å². The van der Waals surface area contributed by atoms with Crippen LogP contribution in [0.4, 0.5) is 0 Å².